The topological polar surface area (TPSA) is 29.3 Å². The van der Waals surface area contributed by atoms with Crippen LogP contribution in [0.1, 0.15) is 19.4 Å². The Hall–Kier alpha value is -0.740. The number of thioether (sulfide) groups is 1. The summed E-state index contributed by atoms with van der Waals surface area (Å²) in [6.07, 6.45) is 0. The van der Waals surface area contributed by atoms with Crippen LogP contribution in [0.25, 0.3) is 0 Å². The molecular weight excluding hydrogens is 235 g/mol. The monoisotopic (exact) mass is 254 g/mol. The second-order valence-corrected chi connectivity index (χ2v) is 6.69. The molecule has 1 aromatic rings. The van der Waals surface area contributed by atoms with E-state index in [1.54, 1.807) is 12.1 Å². The number of benzene rings is 1. The zero-order valence-corrected chi connectivity index (χ0v) is 11.1. The van der Waals surface area contributed by atoms with Crippen molar-refractivity contribution in [3.05, 3.63) is 29.6 Å². The number of anilines is 1. The van der Waals surface area contributed by atoms with Crippen LogP contribution in [0, 0.1) is 5.82 Å². The molecule has 1 aromatic carbocycles. The van der Waals surface area contributed by atoms with Gasteiger partial charge in [0.15, 0.2) is 0 Å². The first kappa shape index (κ1) is 12.7. The minimum atomic E-state index is -0.310. The van der Waals surface area contributed by atoms with Crippen LogP contribution in [-0.2, 0) is 6.54 Å². The smallest absolute Gasteiger partial charge is 0.146 e. The molecule has 1 fully saturated rings. The van der Waals surface area contributed by atoms with Gasteiger partial charge in [-0.15, -0.1) is 0 Å². The maximum Gasteiger partial charge on any atom is 0.146 e. The van der Waals surface area contributed by atoms with E-state index in [2.05, 4.69) is 18.7 Å². The maximum absolute atomic E-state index is 13.3. The van der Waals surface area contributed by atoms with E-state index < -0.39 is 0 Å². The van der Waals surface area contributed by atoms with Crippen molar-refractivity contribution in [1.29, 1.82) is 0 Å². The molecule has 1 saturated heterocycles. The van der Waals surface area contributed by atoms with E-state index in [1.165, 1.54) is 0 Å². The van der Waals surface area contributed by atoms with Crippen LogP contribution in [0.2, 0.25) is 0 Å². The molecule has 0 amide bonds. The summed E-state index contributed by atoms with van der Waals surface area (Å²) in [5.41, 5.74) is 6.70. The molecule has 2 unspecified atom stereocenters. The average molecular weight is 254 g/mol. The molecule has 1 aliphatic rings. The Balaban J connectivity index is 2.02. The SMILES string of the molecule is CC1CN(Cc2ccc(N)c(F)c2)CC(C)S1. The van der Waals surface area contributed by atoms with Crippen LogP contribution in [0.4, 0.5) is 10.1 Å². The van der Waals surface area contributed by atoms with Gasteiger partial charge in [-0.05, 0) is 17.7 Å². The molecule has 0 bridgehead atoms. The van der Waals surface area contributed by atoms with Crippen molar-refractivity contribution in [2.45, 2.75) is 30.9 Å². The van der Waals surface area contributed by atoms with Crippen LogP contribution in [0.15, 0.2) is 18.2 Å². The zero-order valence-electron chi connectivity index (χ0n) is 10.3. The summed E-state index contributed by atoms with van der Waals surface area (Å²) < 4.78 is 13.3. The normalized spacial score (nSPS) is 26.1. The summed E-state index contributed by atoms with van der Waals surface area (Å²) in [6.45, 7) is 7.45. The van der Waals surface area contributed by atoms with E-state index in [-0.39, 0.29) is 11.5 Å². The van der Waals surface area contributed by atoms with E-state index in [0.717, 1.165) is 25.2 Å². The third-order valence-electron chi connectivity index (χ3n) is 2.97. The van der Waals surface area contributed by atoms with Crippen molar-refractivity contribution >= 4 is 17.4 Å². The molecule has 4 heteroatoms. The molecule has 94 valence electrons. The summed E-state index contributed by atoms with van der Waals surface area (Å²) in [4.78, 5) is 2.39. The highest BCUT2D eigenvalue weighted by molar-refractivity contribution is 8.00. The van der Waals surface area contributed by atoms with Gasteiger partial charge in [0.2, 0.25) is 0 Å². The quantitative estimate of drug-likeness (QED) is 0.823. The molecule has 0 spiro atoms. The van der Waals surface area contributed by atoms with Gasteiger partial charge >= 0.3 is 0 Å². The molecule has 0 aliphatic carbocycles. The van der Waals surface area contributed by atoms with Gasteiger partial charge in [0.1, 0.15) is 5.82 Å². The lowest BCUT2D eigenvalue weighted by Crippen LogP contribution is -2.39. The highest BCUT2D eigenvalue weighted by Crippen LogP contribution is 2.26. The number of rotatable bonds is 2. The molecule has 0 aromatic heterocycles. The summed E-state index contributed by atoms with van der Waals surface area (Å²) in [6, 6.07) is 5.11. The third-order valence-corrected chi connectivity index (χ3v) is 4.19. The Bertz CT molecular complexity index is 387. The highest BCUT2D eigenvalue weighted by atomic mass is 32.2. The fourth-order valence-electron chi connectivity index (χ4n) is 2.34. The lowest BCUT2D eigenvalue weighted by molar-refractivity contribution is 0.262. The predicted molar refractivity (Wildman–Crippen MR) is 72.6 cm³/mol. The zero-order chi connectivity index (χ0) is 12.4. The largest absolute Gasteiger partial charge is 0.396 e. The van der Waals surface area contributed by atoms with E-state index in [0.29, 0.717) is 10.5 Å². The van der Waals surface area contributed by atoms with Crippen molar-refractivity contribution in [2.24, 2.45) is 0 Å². The lowest BCUT2D eigenvalue weighted by Gasteiger charge is -2.34. The minimum absolute atomic E-state index is 0.227. The van der Waals surface area contributed by atoms with Crippen molar-refractivity contribution in [3.63, 3.8) is 0 Å². The van der Waals surface area contributed by atoms with Gasteiger partial charge in [0, 0.05) is 30.1 Å². The Labute approximate surface area is 106 Å². The Kier molecular flexibility index (Phi) is 3.94. The summed E-state index contributed by atoms with van der Waals surface area (Å²) >= 11 is 2.03. The number of nitrogens with two attached hydrogens (primary N) is 1. The summed E-state index contributed by atoms with van der Waals surface area (Å²) in [5.74, 6) is -0.310. The Morgan fingerprint density at radius 1 is 1.35 bits per heavy atom. The third kappa shape index (κ3) is 3.36. The first-order chi connectivity index (χ1) is 8.04. The first-order valence-corrected chi connectivity index (χ1v) is 6.90. The molecule has 1 aliphatic heterocycles. The lowest BCUT2D eigenvalue weighted by atomic mass is 10.1. The fraction of sp³-hybridized carbons (Fsp3) is 0.538. The molecule has 1 heterocycles. The second kappa shape index (κ2) is 5.27. The van der Waals surface area contributed by atoms with Crippen molar-refractivity contribution in [2.75, 3.05) is 18.8 Å². The molecule has 2 N–H and O–H groups in total. The fourth-order valence-corrected chi connectivity index (χ4v) is 3.73. The van der Waals surface area contributed by atoms with Crippen molar-refractivity contribution in [3.8, 4) is 0 Å². The van der Waals surface area contributed by atoms with Crippen LogP contribution in [-0.4, -0.2) is 28.5 Å². The molecule has 2 rings (SSSR count). The number of hydrogen-bond donors (Lipinski definition) is 1. The van der Waals surface area contributed by atoms with E-state index in [9.17, 15) is 4.39 Å². The summed E-state index contributed by atoms with van der Waals surface area (Å²) in [7, 11) is 0. The molecule has 17 heavy (non-hydrogen) atoms. The van der Waals surface area contributed by atoms with Gasteiger partial charge in [0.05, 0.1) is 5.69 Å². The van der Waals surface area contributed by atoms with E-state index in [4.69, 9.17) is 5.73 Å². The van der Waals surface area contributed by atoms with Gasteiger partial charge in [-0.1, -0.05) is 19.9 Å². The van der Waals surface area contributed by atoms with Crippen LogP contribution in [0.5, 0.6) is 0 Å². The second-order valence-electron chi connectivity index (χ2n) is 4.81. The minimum Gasteiger partial charge on any atom is -0.396 e. The first-order valence-electron chi connectivity index (χ1n) is 5.96. The Morgan fingerprint density at radius 2 is 2.00 bits per heavy atom. The number of hydrogen-bond acceptors (Lipinski definition) is 3. The maximum atomic E-state index is 13.3. The Morgan fingerprint density at radius 3 is 2.59 bits per heavy atom. The molecule has 2 nitrogen and oxygen atoms in total. The van der Waals surface area contributed by atoms with Gasteiger partial charge in [-0.2, -0.15) is 11.8 Å². The molecule has 2 atom stereocenters. The highest BCUT2D eigenvalue weighted by Gasteiger charge is 2.22. The number of nitrogen functional groups attached to an aromatic ring is 1. The van der Waals surface area contributed by atoms with Gasteiger partial charge in [-0.25, -0.2) is 4.39 Å². The number of nitrogens with zero attached hydrogens (tertiary/aromatic N) is 1. The van der Waals surface area contributed by atoms with Gasteiger partial charge in [-0.3, -0.25) is 4.90 Å². The van der Waals surface area contributed by atoms with E-state index >= 15 is 0 Å². The standard InChI is InChI=1S/C13H19FN2S/c1-9-6-16(7-10(2)17-9)8-11-3-4-13(15)12(14)5-11/h3-5,9-10H,6-8,15H2,1-2H3. The molecular formula is C13H19FN2S. The number of halogens is 1. The summed E-state index contributed by atoms with van der Waals surface area (Å²) in [5, 5.41) is 1.30. The molecule has 0 radical (unpaired) electrons. The average Bonchev–Trinajstić information content (AvgIpc) is 2.22. The van der Waals surface area contributed by atoms with Crippen LogP contribution in [0.3, 0.4) is 0 Å². The van der Waals surface area contributed by atoms with Crippen LogP contribution < -0.4 is 5.73 Å². The van der Waals surface area contributed by atoms with E-state index in [1.807, 2.05) is 17.8 Å². The van der Waals surface area contributed by atoms with Crippen molar-refractivity contribution in [1.82, 2.24) is 4.90 Å². The van der Waals surface area contributed by atoms with Gasteiger partial charge < -0.3 is 5.73 Å². The predicted octanol–water partition coefficient (Wildman–Crippen LogP) is 2.73. The molecule has 0 saturated carbocycles. The van der Waals surface area contributed by atoms with Gasteiger partial charge in [0.25, 0.3) is 0 Å². The van der Waals surface area contributed by atoms with Crippen molar-refractivity contribution < 1.29 is 4.39 Å². The van der Waals surface area contributed by atoms with Crippen LogP contribution >= 0.6 is 11.8 Å².